The van der Waals surface area contributed by atoms with Gasteiger partial charge in [-0.3, -0.25) is 0 Å². The van der Waals surface area contributed by atoms with E-state index >= 15 is 0 Å². The van der Waals surface area contributed by atoms with Gasteiger partial charge in [0.05, 0.1) is 10.6 Å². The fraction of sp³-hybridized carbons (Fsp3) is 0.467. The molecule has 1 aromatic rings. The fourth-order valence-corrected chi connectivity index (χ4v) is 3.02. The summed E-state index contributed by atoms with van der Waals surface area (Å²) in [7, 11) is 2.01. The number of rotatable bonds is 3. The Morgan fingerprint density at radius 2 is 2.10 bits per heavy atom. The van der Waals surface area contributed by atoms with Crippen molar-refractivity contribution in [2.24, 2.45) is 0 Å². The Morgan fingerprint density at radius 3 is 2.62 bits per heavy atom. The van der Waals surface area contributed by atoms with Crippen molar-refractivity contribution in [3.63, 3.8) is 0 Å². The predicted molar refractivity (Wildman–Crippen MR) is 81.8 cm³/mol. The van der Waals surface area contributed by atoms with Crippen LogP contribution in [0.5, 0.6) is 0 Å². The third-order valence-corrected chi connectivity index (χ3v) is 4.37. The van der Waals surface area contributed by atoms with Crippen LogP contribution in [0.3, 0.4) is 0 Å². The highest BCUT2D eigenvalue weighted by molar-refractivity contribution is 6.32. The van der Waals surface area contributed by atoms with E-state index in [0.29, 0.717) is 16.6 Å². The number of amides is 1. The van der Waals surface area contributed by atoms with Gasteiger partial charge in [-0.15, -0.1) is 0 Å². The molecule has 1 aliphatic rings. The van der Waals surface area contributed by atoms with E-state index in [1.54, 1.807) is 6.07 Å². The van der Waals surface area contributed by atoms with Gasteiger partial charge in [-0.1, -0.05) is 11.6 Å². The first-order chi connectivity index (χ1) is 10.0. The maximum atomic E-state index is 10.6. The Balaban J connectivity index is 1.99. The number of nitrogens with zero attached hydrogens (tertiary/aromatic N) is 2. The number of carbonyl (C=O) groups is 1. The zero-order valence-corrected chi connectivity index (χ0v) is 12.6. The van der Waals surface area contributed by atoms with Crippen LogP contribution in [0.1, 0.15) is 31.2 Å². The molecule has 5 nitrogen and oxygen atoms in total. The van der Waals surface area contributed by atoms with Crippen molar-refractivity contribution in [1.82, 2.24) is 5.32 Å². The lowest BCUT2D eigenvalue weighted by Gasteiger charge is -2.36. The van der Waals surface area contributed by atoms with Gasteiger partial charge in [0.1, 0.15) is 6.07 Å². The van der Waals surface area contributed by atoms with Crippen LogP contribution < -0.4 is 10.2 Å². The molecule has 1 amide bonds. The summed E-state index contributed by atoms with van der Waals surface area (Å²) in [6.45, 7) is 0. The van der Waals surface area contributed by atoms with Gasteiger partial charge in [-0.2, -0.15) is 5.26 Å². The minimum absolute atomic E-state index is 0.0525. The smallest absolute Gasteiger partial charge is 0.404 e. The van der Waals surface area contributed by atoms with E-state index in [0.717, 1.165) is 31.4 Å². The van der Waals surface area contributed by atoms with Crippen LogP contribution in [0.25, 0.3) is 0 Å². The van der Waals surface area contributed by atoms with Gasteiger partial charge in [0, 0.05) is 24.8 Å². The largest absolute Gasteiger partial charge is 0.465 e. The van der Waals surface area contributed by atoms with Crippen LogP contribution >= 0.6 is 11.6 Å². The highest BCUT2D eigenvalue weighted by atomic mass is 35.5. The normalized spacial score (nSPS) is 21.4. The highest BCUT2D eigenvalue weighted by Gasteiger charge is 2.25. The van der Waals surface area contributed by atoms with E-state index in [4.69, 9.17) is 22.0 Å². The quantitative estimate of drug-likeness (QED) is 0.899. The van der Waals surface area contributed by atoms with Crippen LogP contribution in [0, 0.1) is 11.3 Å². The fourth-order valence-electron chi connectivity index (χ4n) is 2.81. The van der Waals surface area contributed by atoms with Crippen LogP contribution in [0.2, 0.25) is 5.02 Å². The molecule has 0 unspecified atom stereocenters. The zero-order valence-electron chi connectivity index (χ0n) is 11.8. The van der Waals surface area contributed by atoms with Crippen molar-refractivity contribution in [3.05, 3.63) is 28.8 Å². The lowest BCUT2D eigenvalue weighted by atomic mass is 9.90. The maximum Gasteiger partial charge on any atom is 0.404 e. The van der Waals surface area contributed by atoms with Gasteiger partial charge in [0.25, 0.3) is 0 Å². The Kier molecular flexibility index (Phi) is 4.92. The Bertz CT molecular complexity index is 563. The first-order valence-electron chi connectivity index (χ1n) is 6.93. The van der Waals surface area contributed by atoms with Gasteiger partial charge in [0.2, 0.25) is 0 Å². The van der Waals surface area contributed by atoms with Crippen molar-refractivity contribution < 1.29 is 9.90 Å². The highest BCUT2D eigenvalue weighted by Crippen LogP contribution is 2.29. The summed E-state index contributed by atoms with van der Waals surface area (Å²) in [4.78, 5) is 12.8. The summed E-state index contributed by atoms with van der Waals surface area (Å²) >= 11 is 6.07. The number of halogens is 1. The number of nitriles is 1. The van der Waals surface area contributed by atoms with E-state index in [1.807, 2.05) is 19.2 Å². The summed E-state index contributed by atoms with van der Waals surface area (Å²) < 4.78 is 0. The van der Waals surface area contributed by atoms with Crippen molar-refractivity contribution in [2.45, 2.75) is 37.8 Å². The minimum atomic E-state index is -0.953. The molecule has 21 heavy (non-hydrogen) atoms. The average Bonchev–Trinajstić information content (AvgIpc) is 2.46. The molecule has 0 atom stereocenters. The molecular weight excluding hydrogens is 290 g/mol. The SMILES string of the molecule is CN(c1ccc(C#N)c(Cl)c1)[C@H]1CC[C@H](NC(=O)O)CC1. The van der Waals surface area contributed by atoms with E-state index in [9.17, 15) is 4.79 Å². The van der Waals surface area contributed by atoms with E-state index < -0.39 is 6.09 Å². The number of anilines is 1. The first-order valence-corrected chi connectivity index (χ1v) is 7.31. The molecule has 2 N–H and O–H groups in total. The number of nitrogens with one attached hydrogen (secondary N) is 1. The van der Waals surface area contributed by atoms with Gasteiger partial charge in [0.15, 0.2) is 0 Å². The van der Waals surface area contributed by atoms with Crippen molar-refractivity contribution >= 4 is 23.4 Å². The third kappa shape index (κ3) is 3.79. The van der Waals surface area contributed by atoms with Crippen LogP contribution in [-0.2, 0) is 0 Å². The molecule has 0 aliphatic heterocycles. The second kappa shape index (κ2) is 6.68. The van der Waals surface area contributed by atoms with Gasteiger partial charge in [-0.05, 0) is 43.9 Å². The molecule has 6 heteroatoms. The average molecular weight is 308 g/mol. The molecule has 1 aliphatic carbocycles. The maximum absolute atomic E-state index is 10.6. The molecule has 0 bridgehead atoms. The molecule has 1 aromatic carbocycles. The van der Waals surface area contributed by atoms with Gasteiger partial charge in [-0.25, -0.2) is 4.79 Å². The summed E-state index contributed by atoms with van der Waals surface area (Å²) in [5, 5.41) is 20.6. The second-order valence-corrected chi connectivity index (χ2v) is 5.75. The lowest BCUT2D eigenvalue weighted by molar-refractivity contribution is 0.185. The molecule has 112 valence electrons. The van der Waals surface area contributed by atoms with Gasteiger partial charge < -0.3 is 15.3 Å². The third-order valence-electron chi connectivity index (χ3n) is 4.05. The number of hydrogen-bond donors (Lipinski definition) is 2. The monoisotopic (exact) mass is 307 g/mol. The van der Waals surface area contributed by atoms with Crippen molar-refractivity contribution in [2.75, 3.05) is 11.9 Å². The molecule has 1 saturated carbocycles. The predicted octanol–water partition coefficient (Wildman–Crippen LogP) is 3.23. The Morgan fingerprint density at radius 1 is 1.43 bits per heavy atom. The first kappa shape index (κ1) is 15.5. The number of carboxylic acid groups (broad SMARTS) is 1. The molecule has 0 saturated heterocycles. The topological polar surface area (TPSA) is 76.4 Å². The lowest BCUT2D eigenvalue weighted by Crippen LogP contribution is -2.42. The summed E-state index contributed by atoms with van der Waals surface area (Å²) in [6, 6.07) is 7.90. The summed E-state index contributed by atoms with van der Waals surface area (Å²) in [5.74, 6) is 0. The van der Waals surface area contributed by atoms with E-state index in [-0.39, 0.29) is 6.04 Å². The zero-order chi connectivity index (χ0) is 15.4. The number of benzene rings is 1. The van der Waals surface area contributed by atoms with Crippen LogP contribution in [0.15, 0.2) is 18.2 Å². The Labute approximate surface area is 129 Å². The molecular formula is C15H18ClN3O2. The summed E-state index contributed by atoms with van der Waals surface area (Å²) in [6.07, 6.45) is 2.58. The Hall–Kier alpha value is -1.93. The molecule has 2 rings (SSSR count). The number of hydrogen-bond acceptors (Lipinski definition) is 3. The molecule has 0 heterocycles. The van der Waals surface area contributed by atoms with Crippen molar-refractivity contribution in [3.8, 4) is 6.07 Å². The molecule has 0 spiro atoms. The van der Waals surface area contributed by atoms with E-state index in [1.165, 1.54) is 0 Å². The van der Waals surface area contributed by atoms with Crippen LogP contribution in [-0.4, -0.2) is 30.3 Å². The van der Waals surface area contributed by atoms with Crippen molar-refractivity contribution in [1.29, 1.82) is 5.26 Å². The van der Waals surface area contributed by atoms with E-state index in [2.05, 4.69) is 16.3 Å². The summed E-state index contributed by atoms with van der Waals surface area (Å²) in [5.41, 5.74) is 1.46. The second-order valence-electron chi connectivity index (χ2n) is 5.34. The standard InChI is InChI=1S/C15H18ClN3O2/c1-19(13-5-2-10(9-17)14(16)8-13)12-6-3-11(4-7-12)18-15(20)21/h2,5,8,11-12,18H,3-4,6-7H2,1H3,(H,20,21)/t11-,12-. The van der Waals surface area contributed by atoms with Gasteiger partial charge >= 0.3 is 6.09 Å². The molecule has 1 fully saturated rings. The van der Waals surface area contributed by atoms with Crippen LogP contribution in [0.4, 0.5) is 10.5 Å². The molecule has 0 radical (unpaired) electrons. The molecule has 0 aromatic heterocycles. The minimum Gasteiger partial charge on any atom is -0.465 e.